The second-order valence-electron chi connectivity index (χ2n) is 5.45. The van der Waals surface area contributed by atoms with Gasteiger partial charge in [-0.05, 0) is 39.1 Å². The first kappa shape index (κ1) is 20.2. The molecule has 24 heavy (non-hydrogen) atoms. The second-order valence-corrected chi connectivity index (χ2v) is 5.45. The maximum Gasteiger partial charge on any atom is 0.177 e. The van der Waals surface area contributed by atoms with E-state index in [9.17, 15) is 9.59 Å². The molecule has 0 radical (unpaired) electrons. The highest BCUT2D eigenvalue weighted by molar-refractivity contribution is 6.12. The number of rotatable bonds is 8. The lowest BCUT2D eigenvalue weighted by atomic mass is 10.0. The summed E-state index contributed by atoms with van der Waals surface area (Å²) < 4.78 is 11.4. The Labute approximate surface area is 148 Å². The summed E-state index contributed by atoms with van der Waals surface area (Å²) in [7, 11) is 0. The molecule has 0 fully saturated rings. The molecule has 0 N–H and O–H groups in total. The van der Waals surface area contributed by atoms with Gasteiger partial charge in [0.05, 0.1) is 11.8 Å². The molecule has 1 aromatic carbocycles. The average molecular weight is 354 g/mol. The molecule has 0 amide bonds. The Morgan fingerprint density at radius 3 is 2.29 bits per heavy atom. The van der Waals surface area contributed by atoms with Crippen LogP contribution in [0, 0.1) is 0 Å². The Bertz CT molecular complexity index is 719. The van der Waals surface area contributed by atoms with Gasteiger partial charge < -0.3 is 14.1 Å². The summed E-state index contributed by atoms with van der Waals surface area (Å²) in [5.74, 6) is 0.173. The number of hydrogen-bond acceptors (Lipinski definition) is 5. The predicted octanol–water partition coefficient (Wildman–Crippen LogP) is 3.98. The van der Waals surface area contributed by atoms with Crippen LogP contribution in [0.1, 0.15) is 48.4 Å². The predicted molar refractivity (Wildman–Crippen MR) is 96.8 cm³/mol. The van der Waals surface area contributed by atoms with Crippen molar-refractivity contribution in [3.8, 4) is 5.75 Å². The van der Waals surface area contributed by atoms with Crippen LogP contribution < -0.4 is 4.74 Å². The lowest BCUT2D eigenvalue weighted by Crippen LogP contribution is -2.28. The number of halogens is 1. The fourth-order valence-corrected chi connectivity index (χ4v) is 2.62. The van der Waals surface area contributed by atoms with E-state index in [1.807, 2.05) is 0 Å². The van der Waals surface area contributed by atoms with Crippen molar-refractivity contribution in [3.63, 3.8) is 0 Å². The van der Waals surface area contributed by atoms with Gasteiger partial charge in [0.15, 0.2) is 22.9 Å². The van der Waals surface area contributed by atoms with Crippen LogP contribution in [-0.4, -0.2) is 42.7 Å². The zero-order valence-corrected chi connectivity index (χ0v) is 15.4. The molecule has 1 heterocycles. The van der Waals surface area contributed by atoms with Crippen LogP contribution in [0.25, 0.3) is 11.0 Å². The second kappa shape index (κ2) is 8.85. The van der Waals surface area contributed by atoms with Crippen LogP contribution in [0.3, 0.4) is 0 Å². The molecular formula is C18H24ClNO4. The van der Waals surface area contributed by atoms with Gasteiger partial charge in [0.2, 0.25) is 0 Å². The van der Waals surface area contributed by atoms with E-state index in [-0.39, 0.29) is 24.0 Å². The molecule has 6 heteroatoms. The molecule has 0 aliphatic rings. The van der Waals surface area contributed by atoms with Gasteiger partial charge in [-0.3, -0.25) is 9.59 Å². The summed E-state index contributed by atoms with van der Waals surface area (Å²) in [4.78, 5) is 26.0. The minimum Gasteiger partial charge on any atom is -0.488 e. The number of fused-ring (bicyclic) bond motifs is 1. The number of ether oxygens (including phenoxy) is 1. The summed E-state index contributed by atoms with van der Waals surface area (Å²) >= 11 is 0. The first-order chi connectivity index (χ1) is 11.0. The third-order valence-electron chi connectivity index (χ3n) is 4.00. The Balaban J connectivity index is 0.00000288. The third-order valence-corrected chi connectivity index (χ3v) is 4.00. The summed E-state index contributed by atoms with van der Waals surface area (Å²) in [6, 6.07) is 3.34. The molecule has 0 saturated carbocycles. The lowest BCUT2D eigenvalue weighted by Gasteiger charge is -2.19. The van der Waals surface area contributed by atoms with Gasteiger partial charge in [-0.25, -0.2) is 0 Å². The van der Waals surface area contributed by atoms with Gasteiger partial charge >= 0.3 is 0 Å². The van der Waals surface area contributed by atoms with Crippen LogP contribution in [0.2, 0.25) is 0 Å². The largest absolute Gasteiger partial charge is 0.488 e. The Hall–Kier alpha value is -1.85. The normalized spacial score (nSPS) is 10.7. The SMILES string of the molecule is CCN(CC)CCOc1c(C(C)=O)cc(C(C)=O)c2ccoc12.Cl. The van der Waals surface area contributed by atoms with Crippen molar-refractivity contribution in [1.82, 2.24) is 4.90 Å². The topological polar surface area (TPSA) is 59.8 Å². The van der Waals surface area contributed by atoms with E-state index in [1.54, 1.807) is 12.1 Å². The number of nitrogens with zero attached hydrogens (tertiary/aromatic N) is 1. The molecular weight excluding hydrogens is 330 g/mol. The summed E-state index contributed by atoms with van der Waals surface area (Å²) in [6.07, 6.45) is 1.51. The monoisotopic (exact) mass is 353 g/mol. The van der Waals surface area contributed by atoms with E-state index < -0.39 is 0 Å². The van der Waals surface area contributed by atoms with Crippen LogP contribution >= 0.6 is 12.4 Å². The van der Waals surface area contributed by atoms with Crippen molar-refractivity contribution in [2.24, 2.45) is 0 Å². The summed E-state index contributed by atoms with van der Waals surface area (Å²) in [6.45, 7) is 10.2. The zero-order valence-electron chi connectivity index (χ0n) is 14.5. The Morgan fingerprint density at radius 2 is 1.75 bits per heavy atom. The van der Waals surface area contributed by atoms with Gasteiger partial charge in [-0.2, -0.15) is 0 Å². The molecule has 132 valence electrons. The molecule has 0 atom stereocenters. The van der Waals surface area contributed by atoms with Crippen LogP contribution in [0.15, 0.2) is 22.8 Å². The Kier molecular flexibility index (Phi) is 7.45. The molecule has 1 aromatic heterocycles. The van der Waals surface area contributed by atoms with Gasteiger partial charge in [0, 0.05) is 17.5 Å². The number of ketones is 2. The minimum absolute atomic E-state index is 0. The van der Waals surface area contributed by atoms with E-state index in [1.165, 1.54) is 20.1 Å². The molecule has 0 saturated heterocycles. The van der Waals surface area contributed by atoms with Crippen molar-refractivity contribution in [1.29, 1.82) is 0 Å². The molecule has 2 rings (SSSR count). The first-order valence-electron chi connectivity index (χ1n) is 7.90. The number of likely N-dealkylation sites (N-methyl/N-ethyl adjacent to an activating group) is 1. The fourth-order valence-electron chi connectivity index (χ4n) is 2.62. The maximum atomic E-state index is 12.0. The van der Waals surface area contributed by atoms with E-state index >= 15 is 0 Å². The fraction of sp³-hybridized carbons (Fsp3) is 0.444. The number of carbonyl (C=O) groups excluding carboxylic acids is 2. The highest BCUT2D eigenvalue weighted by atomic mass is 35.5. The van der Waals surface area contributed by atoms with E-state index in [0.717, 1.165) is 19.6 Å². The smallest absolute Gasteiger partial charge is 0.177 e. The van der Waals surface area contributed by atoms with E-state index in [0.29, 0.717) is 34.5 Å². The van der Waals surface area contributed by atoms with E-state index in [2.05, 4.69) is 18.7 Å². The number of furan rings is 1. The summed E-state index contributed by atoms with van der Waals surface area (Å²) in [5.41, 5.74) is 1.33. The van der Waals surface area contributed by atoms with Gasteiger partial charge in [0.25, 0.3) is 0 Å². The maximum absolute atomic E-state index is 12.0. The molecule has 0 aliphatic heterocycles. The van der Waals surface area contributed by atoms with Gasteiger partial charge in [-0.1, -0.05) is 13.8 Å². The third kappa shape index (κ3) is 4.16. The molecule has 0 spiro atoms. The quantitative estimate of drug-likeness (QED) is 0.672. The first-order valence-corrected chi connectivity index (χ1v) is 7.90. The number of benzene rings is 1. The van der Waals surface area contributed by atoms with Gasteiger partial charge in [-0.15, -0.1) is 12.4 Å². The standard InChI is InChI=1S/C18H23NO4.ClH/c1-5-19(6-2)8-10-23-18-16(13(4)21)11-15(12(3)20)14-7-9-22-17(14)18;/h7,9,11H,5-6,8,10H2,1-4H3;1H. The molecule has 0 aliphatic carbocycles. The van der Waals surface area contributed by atoms with E-state index in [4.69, 9.17) is 9.15 Å². The van der Waals surface area contributed by atoms with Gasteiger partial charge in [0.1, 0.15) is 6.61 Å². The number of hydrogen-bond donors (Lipinski definition) is 0. The molecule has 0 unspecified atom stereocenters. The molecule has 5 nitrogen and oxygen atoms in total. The Morgan fingerprint density at radius 1 is 1.12 bits per heavy atom. The van der Waals surface area contributed by atoms with Crippen LogP contribution in [0.5, 0.6) is 5.75 Å². The zero-order chi connectivity index (χ0) is 17.0. The number of carbonyl (C=O) groups is 2. The van der Waals surface area contributed by atoms with Crippen molar-refractivity contribution < 1.29 is 18.7 Å². The highest BCUT2D eigenvalue weighted by Gasteiger charge is 2.20. The molecule has 2 aromatic rings. The lowest BCUT2D eigenvalue weighted by molar-refractivity contribution is 0.101. The molecule has 0 bridgehead atoms. The minimum atomic E-state index is -0.149. The van der Waals surface area contributed by atoms with Crippen molar-refractivity contribution in [2.45, 2.75) is 27.7 Å². The van der Waals surface area contributed by atoms with Crippen molar-refractivity contribution in [2.75, 3.05) is 26.2 Å². The average Bonchev–Trinajstić information content (AvgIpc) is 3.00. The highest BCUT2D eigenvalue weighted by Crippen LogP contribution is 2.34. The summed E-state index contributed by atoms with van der Waals surface area (Å²) in [5, 5.41) is 0.681. The van der Waals surface area contributed by atoms with Crippen LogP contribution in [-0.2, 0) is 0 Å². The van der Waals surface area contributed by atoms with Crippen LogP contribution in [0.4, 0.5) is 0 Å². The number of Topliss-reactive ketones (excluding diaryl/α,β-unsaturated/α-hetero) is 2. The van der Waals surface area contributed by atoms with Crippen molar-refractivity contribution in [3.05, 3.63) is 29.5 Å². The van der Waals surface area contributed by atoms with Crippen molar-refractivity contribution >= 4 is 34.9 Å².